The molecule has 0 N–H and O–H groups in total. The van der Waals surface area contributed by atoms with Crippen molar-refractivity contribution in [3.63, 3.8) is 0 Å². The monoisotopic (exact) mass is 294 g/mol. The second-order valence-electron chi connectivity index (χ2n) is 4.76. The van der Waals surface area contributed by atoms with E-state index in [1.807, 2.05) is 30.3 Å². The van der Waals surface area contributed by atoms with Gasteiger partial charge in [0.05, 0.1) is 11.5 Å². The maximum Gasteiger partial charge on any atom is 0.418 e. The highest BCUT2D eigenvalue weighted by atomic mass is 16.5. The number of carboxylic acids is 1. The van der Waals surface area contributed by atoms with Crippen LogP contribution in [0.3, 0.4) is 0 Å². The topological polar surface area (TPSA) is 71.4 Å². The van der Waals surface area contributed by atoms with Crippen molar-refractivity contribution in [2.75, 3.05) is 0 Å². The van der Waals surface area contributed by atoms with Gasteiger partial charge in [-0.15, -0.1) is 0 Å². The number of rotatable bonds is 3. The van der Waals surface area contributed by atoms with Crippen LogP contribution in [0.15, 0.2) is 60.8 Å². The summed E-state index contributed by atoms with van der Waals surface area (Å²) in [5.74, 6) is -1.33. The van der Waals surface area contributed by atoms with Crippen LogP contribution in [0, 0.1) is 0 Å². The van der Waals surface area contributed by atoms with Gasteiger partial charge in [0, 0.05) is 17.1 Å². The first-order valence-electron chi connectivity index (χ1n) is 6.69. The van der Waals surface area contributed by atoms with Crippen molar-refractivity contribution in [2.45, 2.75) is 6.61 Å². The van der Waals surface area contributed by atoms with Gasteiger partial charge in [0.1, 0.15) is 6.61 Å². The molecule has 0 spiro atoms. The average Bonchev–Trinajstić information content (AvgIpc) is 2.93. The lowest BCUT2D eigenvalue weighted by Gasteiger charge is -2.06. The fourth-order valence-corrected chi connectivity index (χ4v) is 2.28. The third-order valence-electron chi connectivity index (χ3n) is 3.33. The Morgan fingerprint density at radius 2 is 1.68 bits per heavy atom. The fourth-order valence-electron chi connectivity index (χ4n) is 2.28. The van der Waals surface area contributed by atoms with E-state index in [0.717, 1.165) is 5.56 Å². The van der Waals surface area contributed by atoms with Crippen LogP contribution in [0.4, 0.5) is 4.79 Å². The number of carbonyl (C=O) groups is 2. The van der Waals surface area contributed by atoms with Crippen LogP contribution in [0.5, 0.6) is 0 Å². The van der Waals surface area contributed by atoms with Crippen molar-refractivity contribution in [1.82, 2.24) is 4.57 Å². The first kappa shape index (κ1) is 13.9. The summed E-state index contributed by atoms with van der Waals surface area (Å²) in [4.78, 5) is 23.3. The van der Waals surface area contributed by atoms with Crippen LogP contribution in [0.2, 0.25) is 0 Å². The predicted molar refractivity (Wildman–Crippen MR) is 78.3 cm³/mol. The molecular weight excluding hydrogens is 282 g/mol. The summed E-state index contributed by atoms with van der Waals surface area (Å²) in [5.41, 5.74) is 1.29. The second-order valence-corrected chi connectivity index (χ2v) is 4.76. The molecule has 0 radical (unpaired) electrons. The van der Waals surface area contributed by atoms with Gasteiger partial charge in [-0.25, -0.2) is 4.79 Å². The van der Waals surface area contributed by atoms with E-state index >= 15 is 0 Å². The average molecular weight is 294 g/mol. The number of carbonyl (C=O) groups excluding carboxylic acids is 2. The van der Waals surface area contributed by atoms with Gasteiger partial charge in [-0.3, -0.25) is 4.57 Å². The largest absolute Gasteiger partial charge is 0.545 e. The molecule has 5 nitrogen and oxygen atoms in total. The van der Waals surface area contributed by atoms with E-state index in [-0.39, 0.29) is 12.2 Å². The lowest BCUT2D eigenvalue weighted by atomic mass is 10.2. The van der Waals surface area contributed by atoms with Gasteiger partial charge in [-0.05, 0) is 11.6 Å². The van der Waals surface area contributed by atoms with Crippen LogP contribution in [-0.4, -0.2) is 16.6 Å². The minimum absolute atomic E-state index is 0.0349. The van der Waals surface area contributed by atoms with Crippen molar-refractivity contribution in [2.24, 2.45) is 0 Å². The van der Waals surface area contributed by atoms with Gasteiger partial charge >= 0.3 is 6.09 Å². The molecule has 1 aromatic heterocycles. The van der Waals surface area contributed by atoms with Gasteiger partial charge < -0.3 is 14.6 Å². The number of hydrogen-bond donors (Lipinski definition) is 0. The summed E-state index contributed by atoms with van der Waals surface area (Å²) in [6, 6.07) is 16.0. The van der Waals surface area contributed by atoms with E-state index in [1.54, 1.807) is 24.3 Å². The molecule has 3 aromatic rings. The predicted octanol–water partition coefficient (Wildman–Crippen LogP) is 2.19. The molecule has 1 heterocycles. The maximum atomic E-state index is 12.2. The number of nitrogens with zero attached hydrogens (tertiary/aromatic N) is 1. The Morgan fingerprint density at radius 1 is 1.00 bits per heavy atom. The molecule has 0 aliphatic carbocycles. The second kappa shape index (κ2) is 5.73. The molecule has 0 aliphatic rings. The van der Waals surface area contributed by atoms with Crippen LogP contribution < -0.4 is 5.11 Å². The van der Waals surface area contributed by atoms with Gasteiger partial charge in [0.25, 0.3) is 0 Å². The molecule has 110 valence electrons. The van der Waals surface area contributed by atoms with Crippen molar-refractivity contribution < 1.29 is 19.4 Å². The summed E-state index contributed by atoms with van der Waals surface area (Å²) < 4.78 is 6.41. The Bertz CT molecular complexity index is 836. The lowest BCUT2D eigenvalue weighted by Crippen LogP contribution is -2.22. The quantitative estimate of drug-likeness (QED) is 0.742. The minimum Gasteiger partial charge on any atom is -0.545 e. The van der Waals surface area contributed by atoms with Gasteiger partial charge in [0.15, 0.2) is 0 Å². The van der Waals surface area contributed by atoms with Crippen LogP contribution in [-0.2, 0) is 11.3 Å². The van der Waals surface area contributed by atoms with Crippen molar-refractivity contribution in [1.29, 1.82) is 0 Å². The Morgan fingerprint density at radius 3 is 2.41 bits per heavy atom. The molecule has 0 fully saturated rings. The third kappa shape index (κ3) is 2.56. The SMILES string of the molecule is O=C([O-])c1cn(C(=O)OCc2ccccc2)c2ccccc12. The smallest absolute Gasteiger partial charge is 0.418 e. The fraction of sp³-hybridized carbons (Fsp3) is 0.0588. The number of aromatic carboxylic acids is 1. The lowest BCUT2D eigenvalue weighted by molar-refractivity contribution is -0.254. The van der Waals surface area contributed by atoms with Crippen LogP contribution in [0.1, 0.15) is 15.9 Å². The van der Waals surface area contributed by atoms with Gasteiger partial charge in [0.2, 0.25) is 0 Å². The van der Waals surface area contributed by atoms with E-state index in [0.29, 0.717) is 10.9 Å². The zero-order chi connectivity index (χ0) is 15.5. The standard InChI is InChI=1S/C17H13NO4/c19-16(20)14-10-18(15-9-5-4-8-13(14)15)17(21)22-11-12-6-2-1-3-7-12/h1-10H,11H2,(H,19,20)/p-1. The van der Waals surface area contributed by atoms with E-state index in [1.165, 1.54) is 10.8 Å². The molecule has 0 aliphatic heterocycles. The number of ether oxygens (including phenoxy) is 1. The molecule has 3 rings (SSSR count). The summed E-state index contributed by atoms with van der Waals surface area (Å²) in [5, 5.41) is 11.6. The molecule has 5 heteroatoms. The summed E-state index contributed by atoms with van der Waals surface area (Å²) in [6.45, 7) is 0.118. The Hall–Kier alpha value is -3.08. The number of benzene rings is 2. The van der Waals surface area contributed by atoms with Gasteiger partial charge in [-0.2, -0.15) is 0 Å². The Balaban J connectivity index is 1.89. The third-order valence-corrected chi connectivity index (χ3v) is 3.33. The Labute approximate surface area is 126 Å². The number of fused-ring (bicyclic) bond motifs is 1. The highest BCUT2D eigenvalue weighted by Gasteiger charge is 2.14. The van der Waals surface area contributed by atoms with E-state index in [4.69, 9.17) is 4.74 Å². The molecule has 0 saturated heterocycles. The number of para-hydroxylation sites is 1. The molecule has 0 saturated carbocycles. The highest BCUT2D eigenvalue weighted by molar-refractivity contribution is 6.05. The molecule has 22 heavy (non-hydrogen) atoms. The summed E-state index contributed by atoms with van der Waals surface area (Å²) in [6.07, 6.45) is 0.598. The zero-order valence-electron chi connectivity index (χ0n) is 11.6. The molecular formula is C17H12NO4-. The van der Waals surface area contributed by atoms with Crippen molar-refractivity contribution in [3.05, 3.63) is 71.9 Å². The summed E-state index contributed by atoms with van der Waals surface area (Å²) >= 11 is 0. The van der Waals surface area contributed by atoms with Crippen molar-refractivity contribution >= 4 is 23.0 Å². The molecule has 0 amide bonds. The number of hydrogen-bond acceptors (Lipinski definition) is 4. The van der Waals surface area contributed by atoms with Gasteiger partial charge in [-0.1, -0.05) is 48.5 Å². The Kier molecular flexibility index (Phi) is 3.62. The maximum absolute atomic E-state index is 12.2. The first-order valence-corrected chi connectivity index (χ1v) is 6.69. The van der Waals surface area contributed by atoms with Crippen LogP contribution in [0.25, 0.3) is 10.9 Å². The number of aromatic nitrogens is 1. The molecule has 2 aromatic carbocycles. The zero-order valence-corrected chi connectivity index (χ0v) is 11.6. The number of carboxylic acid groups (broad SMARTS) is 1. The molecule has 0 bridgehead atoms. The minimum atomic E-state index is -1.33. The molecule has 0 unspecified atom stereocenters. The first-order chi connectivity index (χ1) is 10.7. The highest BCUT2D eigenvalue weighted by Crippen LogP contribution is 2.21. The summed E-state index contributed by atoms with van der Waals surface area (Å²) in [7, 11) is 0. The van der Waals surface area contributed by atoms with E-state index in [2.05, 4.69) is 0 Å². The van der Waals surface area contributed by atoms with Crippen molar-refractivity contribution in [3.8, 4) is 0 Å². The van der Waals surface area contributed by atoms with Crippen LogP contribution >= 0.6 is 0 Å². The molecule has 0 atom stereocenters. The van der Waals surface area contributed by atoms with E-state index < -0.39 is 12.1 Å². The normalized spacial score (nSPS) is 10.5. The van der Waals surface area contributed by atoms with E-state index in [9.17, 15) is 14.7 Å².